The van der Waals surface area contributed by atoms with Crippen LogP contribution in [0.5, 0.6) is 0 Å². The largest absolute Gasteiger partial charge is 0.463 e. The van der Waals surface area contributed by atoms with E-state index in [9.17, 15) is 0 Å². The van der Waals surface area contributed by atoms with E-state index in [0.717, 1.165) is 50.7 Å². The van der Waals surface area contributed by atoms with Gasteiger partial charge in [-0.2, -0.15) is 0 Å². The average molecular weight is 278 g/mol. The third-order valence-corrected chi connectivity index (χ3v) is 4.40. The monoisotopic (exact) mass is 278 g/mol. The molecule has 1 aromatic heterocycles. The molecule has 4 nitrogen and oxygen atoms in total. The van der Waals surface area contributed by atoms with Crippen molar-refractivity contribution in [3.8, 4) is 0 Å². The number of nitrogens with zero attached hydrogens (tertiary/aromatic N) is 1. The number of hydrogen-bond donors (Lipinski definition) is 1. The lowest BCUT2D eigenvalue weighted by atomic mass is 10.1. The molecule has 2 aliphatic rings. The van der Waals surface area contributed by atoms with E-state index in [0.29, 0.717) is 12.1 Å². The molecule has 2 heterocycles. The highest BCUT2D eigenvalue weighted by atomic mass is 16.5. The van der Waals surface area contributed by atoms with Crippen LogP contribution in [0.15, 0.2) is 16.5 Å². The van der Waals surface area contributed by atoms with Gasteiger partial charge in [-0.15, -0.1) is 0 Å². The first kappa shape index (κ1) is 14.1. The van der Waals surface area contributed by atoms with Crippen molar-refractivity contribution in [3.63, 3.8) is 0 Å². The summed E-state index contributed by atoms with van der Waals surface area (Å²) in [4.78, 5) is 2.54. The molecule has 1 saturated carbocycles. The maximum Gasteiger partial charge on any atom is 0.118 e. The summed E-state index contributed by atoms with van der Waals surface area (Å²) in [5.41, 5.74) is 0. The average Bonchev–Trinajstić information content (AvgIpc) is 3.09. The van der Waals surface area contributed by atoms with Crippen molar-refractivity contribution in [1.29, 1.82) is 0 Å². The summed E-state index contributed by atoms with van der Waals surface area (Å²) < 4.78 is 11.8. The second-order valence-electron chi connectivity index (χ2n) is 5.92. The SMILES string of the molecule is CCCNCc1ccc(CN2CCOC3CCCC32)o1. The van der Waals surface area contributed by atoms with Gasteiger partial charge in [0.1, 0.15) is 11.5 Å². The maximum absolute atomic E-state index is 5.94. The fourth-order valence-electron chi connectivity index (χ4n) is 3.39. The van der Waals surface area contributed by atoms with Crippen LogP contribution in [0.1, 0.15) is 44.1 Å². The van der Waals surface area contributed by atoms with Gasteiger partial charge < -0.3 is 14.5 Å². The molecule has 2 unspecified atom stereocenters. The van der Waals surface area contributed by atoms with Crippen LogP contribution in [-0.2, 0) is 17.8 Å². The predicted octanol–water partition coefficient (Wildman–Crippen LogP) is 2.53. The first-order valence-electron chi connectivity index (χ1n) is 8.01. The molecule has 0 radical (unpaired) electrons. The van der Waals surface area contributed by atoms with Crippen molar-refractivity contribution in [2.75, 3.05) is 19.7 Å². The van der Waals surface area contributed by atoms with E-state index in [2.05, 4.69) is 29.3 Å². The minimum atomic E-state index is 0.462. The Balaban J connectivity index is 1.54. The zero-order chi connectivity index (χ0) is 13.8. The van der Waals surface area contributed by atoms with Gasteiger partial charge in [-0.1, -0.05) is 6.92 Å². The van der Waals surface area contributed by atoms with Gasteiger partial charge >= 0.3 is 0 Å². The lowest BCUT2D eigenvalue weighted by Gasteiger charge is -2.37. The number of ether oxygens (including phenoxy) is 1. The lowest BCUT2D eigenvalue weighted by molar-refractivity contribution is -0.0607. The van der Waals surface area contributed by atoms with E-state index in [4.69, 9.17) is 9.15 Å². The van der Waals surface area contributed by atoms with Gasteiger partial charge in [0, 0.05) is 12.6 Å². The third-order valence-electron chi connectivity index (χ3n) is 4.40. The van der Waals surface area contributed by atoms with Gasteiger partial charge in [0.15, 0.2) is 0 Å². The van der Waals surface area contributed by atoms with E-state index in [1.807, 2.05) is 0 Å². The number of furan rings is 1. The molecule has 2 atom stereocenters. The van der Waals surface area contributed by atoms with Crippen molar-refractivity contribution in [1.82, 2.24) is 10.2 Å². The molecule has 1 aliphatic heterocycles. The van der Waals surface area contributed by atoms with Crippen molar-refractivity contribution in [2.24, 2.45) is 0 Å². The van der Waals surface area contributed by atoms with Crippen molar-refractivity contribution >= 4 is 0 Å². The van der Waals surface area contributed by atoms with Crippen LogP contribution in [0.2, 0.25) is 0 Å². The van der Waals surface area contributed by atoms with Crippen LogP contribution >= 0.6 is 0 Å². The molecule has 3 rings (SSSR count). The standard InChI is InChI=1S/C16H26N2O2/c1-2-8-17-11-13-6-7-14(20-13)12-18-9-10-19-16-5-3-4-15(16)18/h6-7,15-17H,2-5,8-12H2,1H3. The fraction of sp³-hybridized carbons (Fsp3) is 0.750. The Morgan fingerprint density at radius 2 is 2.20 bits per heavy atom. The second kappa shape index (κ2) is 6.74. The topological polar surface area (TPSA) is 37.6 Å². The molecule has 1 saturated heterocycles. The lowest BCUT2D eigenvalue weighted by Crippen LogP contribution is -2.47. The van der Waals surface area contributed by atoms with Gasteiger partial charge in [-0.3, -0.25) is 4.90 Å². The maximum atomic E-state index is 5.94. The first-order valence-corrected chi connectivity index (χ1v) is 8.01. The Hall–Kier alpha value is -0.840. The Bertz CT molecular complexity index is 418. The Morgan fingerprint density at radius 3 is 3.10 bits per heavy atom. The number of rotatable bonds is 6. The minimum absolute atomic E-state index is 0.462. The molecule has 0 amide bonds. The number of nitrogens with one attached hydrogen (secondary N) is 1. The summed E-state index contributed by atoms with van der Waals surface area (Å²) in [6.07, 6.45) is 5.42. The molecule has 112 valence electrons. The highest BCUT2D eigenvalue weighted by Crippen LogP contribution is 2.30. The normalized spacial score (nSPS) is 26.9. The fourth-order valence-corrected chi connectivity index (χ4v) is 3.39. The van der Waals surface area contributed by atoms with Gasteiger partial charge in [-0.05, 0) is 44.4 Å². The van der Waals surface area contributed by atoms with Gasteiger partial charge in [0.2, 0.25) is 0 Å². The molecular formula is C16H26N2O2. The molecule has 4 heteroatoms. The molecule has 2 fully saturated rings. The van der Waals surface area contributed by atoms with E-state index in [1.54, 1.807) is 0 Å². The molecule has 0 spiro atoms. The number of hydrogen-bond acceptors (Lipinski definition) is 4. The van der Waals surface area contributed by atoms with E-state index >= 15 is 0 Å². The summed E-state index contributed by atoms with van der Waals surface area (Å²) in [7, 11) is 0. The van der Waals surface area contributed by atoms with Crippen LogP contribution in [-0.4, -0.2) is 36.7 Å². The molecule has 0 aromatic carbocycles. The summed E-state index contributed by atoms with van der Waals surface area (Å²) in [6, 6.07) is 4.84. The van der Waals surface area contributed by atoms with E-state index < -0.39 is 0 Å². The second-order valence-corrected chi connectivity index (χ2v) is 5.92. The number of morpholine rings is 1. The first-order chi connectivity index (χ1) is 9.86. The molecule has 1 N–H and O–H groups in total. The zero-order valence-corrected chi connectivity index (χ0v) is 12.4. The highest BCUT2D eigenvalue weighted by molar-refractivity contribution is 5.08. The Morgan fingerprint density at radius 1 is 1.30 bits per heavy atom. The van der Waals surface area contributed by atoms with E-state index in [-0.39, 0.29) is 0 Å². The third kappa shape index (κ3) is 3.25. The predicted molar refractivity (Wildman–Crippen MR) is 78.5 cm³/mol. The number of fused-ring (bicyclic) bond motifs is 1. The molecule has 20 heavy (non-hydrogen) atoms. The quantitative estimate of drug-likeness (QED) is 0.812. The summed E-state index contributed by atoms with van der Waals surface area (Å²) in [5.74, 6) is 2.13. The Kier molecular flexibility index (Phi) is 4.76. The molecular weight excluding hydrogens is 252 g/mol. The molecule has 1 aliphatic carbocycles. The summed E-state index contributed by atoms with van der Waals surface area (Å²) in [6.45, 7) is 6.89. The minimum Gasteiger partial charge on any atom is -0.463 e. The summed E-state index contributed by atoms with van der Waals surface area (Å²) in [5, 5.41) is 3.38. The molecule has 1 aromatic rings. The Labute approximate surface area is 121 Å². The van der Waals surface area contributed by atoms with Crippen LogP contribution in [0.25, 0.3) is 0 Å². The van der Waals surface area contributed by atoms with Gasteiger partial charge in [-0.25, -0.2) is 0 Å². The van der Waals surface area contributed by atoms with Crippen molar-refractivity contribution in [3.05, 3.63) is 23.7 Å². The molecule has 0 bridgehead atoms. The zero-order valence-electron chi connectivity index (χ0n) is 12.4. The van der Waals surface area contributed by atoms with Crippen LogP contribution < -0.4 is 5.32 Å². The van der Waals surface area contributed by atoms with Gasteiger partial charge in [0.05, 0.1) is 25.8 Å². The van der Waals surface area contributed by atoms with Gasteiger partial charge in [0.25, 0.3) is 0 Å². The smallest absolute Gasteiger partial charge is 0.118 e. The van der Waals surface area contributed by atoms with E-state index in [1.165, 1.54) is 19.3 Å². The van der Waals surface area contributed by atoms with Crippen LogP contribution in [0.4, 0.5) is 0 Å². The highest BCUT2D eigenvalue weighted by Gasteiger charge is 2.36. The van der Waals surface area contributed by atoms with Crippen LogP contribution in [0.3, 0.4) is 0 Å². The van der Waals surface area contributed by atoms with Crippen LogP contribution in [0, 0.1) is 0 Å². The van der Waals surface area contributed by atoms with Crippen molar-refractivity contribution < 1.29 is 9.15 Å². The summed E-state index contributed by atoms with van der Waals surface area (Å²) >= 11 is 0. The van der Waals surface area contributed by atoms with Crippen molar-refractivity contribution in [2.45, 2.75) is 57.8 Å².